The second-order valence-corrected chi connectivity index (χ2v) is 7.24. The first-order chi connectivity index (χ1) is 14.2. The molecule has 4 heteroatoms. The van der Waals surface area contributed by atoms with E-state index in [0.29, 0.717) is 25.1 Å². The van der Waals surface area contributed by atoms with Gasteiger partial charge in [0.05, 0.1) is 5.56 Å². The number of hydrogen-bond acceptors (Lipinski definition) is 3. The van der Waals surface area contributed by atoms with E-state index in [1.54, 1.807) is 11.0 Å². The molecule has 4 nitrogen and oxygen atoms in total. The lowest BCUT2D eigenvalue weighted by Crippen LogP contribution is -2.44. The quantitative estimate of drug-likeness (QED) is 0.602. The zero-order valence-electron chi connectivity index (χ0n) is 16.2. The lowest BCUT2D eigenvalue weighted by molar-refractivity contribution is -0.141. The van der Waals surface area contributed by atoms with Gasteiger partial charge in [-0.25, -0.2) is 4.79 Å². The maximum absolute atomic E-state index is 13.3. The van der Waals surface area contributed by atoms with Gasteiger partial charge < -0.3 is 9.64 Å². The van der Waals surface area contributed by atoms with Gasteiger partial charge in [-0.05, 0) is 29.2 Å². The first-order valence-corrected chi connectivity index (χ1v) is 9.86. The van der Waals surface area contributed by atoms with Crippen LogP contribution in [0.3, 0.4) is 0 Å². The van der Waals surface area contributed by atoms with Gasteiger partial charge in [-0.2, -0.15) is 0 Å². The number of cyclic esters (lactones) is 1. The molecule has 1 heterocycles. The van der Waals surface area contributed by atoms with Crippen LogP contribution in [0.1, 0.15) is 27.0 Å². The smallest absolute Gasteiger partial charge is 0.339 e. The molecule has 0 spiro atoms. The first-order valence-electron chi connectivity index (χ1n) is 9.86. The Labute approximate surface area is 170 Å². The van der Waals surface area contributed by atoms with Crippen LogP contribution in [0.5, 0.6) is 0 Å². The second kappa shape index (κ2) is 8.74. The van der Waals surface area contributed by atoms with Gasteiger partial charge in [-0.1, -0.05) is 78.9 Å². The van der Waals surface area contributed by atoms with Crippen molar-refractivity contribution in [3.05, 3.63) is 107 Å². The Morgan fingerprint density at radius 3 is 2.21 bits per heavy atom. The molecule has 1 aliphatic heterocycles. The molecule has 0 fully saturated rings. The van der Waals surface area contributed by atoms with Crippen molar-refractivity contribution >= 4 is 11.9 Å². The maximum Gasteiger partial charge on any atom is 0.339 e. The van der Waals surface area contributed by atoms with E-state index in [9.17, 15) is 9.59 Å². The molecule has 146 valence electrons. The Morgan fingerprint density at radius 1 is 0.862 bits per heavy atom. The largest absolute Gasteiger partial charge is 0.448 e. The van der Waals surface area contributed by atoms with Crippen molar-refractivity contribution in [3.8, 4) is 0 Å². The molecule has 29 heavy (non-hydrogen) atoms. The van der Waals surface area contributed by atoms with Crippen molar-refractivity contribution in [2.75, 3.05) is 6.54 Å². The van der Waals surface area contributed by atoms with Gasteiger partial charge in [0.25, 0.3) is 5.91 Å². The normalized spacial score (nSPS) is 15.3. The molecule has 0 saturated carbocycles. The zero-order valence-corrected chi connectivity index (χ0v) is 16.2. The van der Waals surface area contributed by atoms with Crippen molar-refractivity contribution in [2.24, 2.45) is 0 Å². The second-order valence-electron chi connectivity index (χ2n) is 7.24. The predicted octanol–water partition coefficient (Wildman–Crippen LogP) is 4.04. The van der Waals surface area contributed by atoms with Crippen molar-refractivity contribution in [2.45, 2.75) is 25.5 Å². The van der Waals surface area contributed by atoms with Crippen LogP contribution >= 0.6 is 0 Å². The van der Waals surface area contributed by atoms with Gasteiger partial charge in [0.1, 0.15) is 0 Å². The van der Waals surface area contributed by atoms with Crippen molar-refractivity contribution in [1.29, 1.82) is 0 Å². The topological polar surface area (TPSA) is 46.6 Å². The van der Waals surface area contributed by atoms with E-state index in [1.807, 2.05) is 66.7 Å². The monoisotopic (exact) mass is 385 g/mol. The van der Waals surface area contributed by atoms with Gasteiger partial charge in [0.15, 0.2) is 6.10 Å². The molecular formula is C25H23NO3. The molecular weight excluding hydrogens is 362 g/mol. The Balaban J connectivity index is 1.53. The van der Waals surface area contributed by atoms with E-state index in [2.05, 4.69) is 12.1 Å². The molecule has 3 aromatic carbocycles. The number of hydrogen-bond donors (Lipinski definition) is 0. The summed E-state index contributed by atoms with van der Waals surface area (Å²) in [6, 6.07) is 27.3. The van der Waals surface area contributed by atoms with Crippen LogP contribution in [-0.4, -0.2) is 29.4 Å². The minimum atomic E-state index is -0.781. The zero-order chi connectivity index (χ0) is 20.1. The lowest BCUT2D eigenvalue weighted by atomic mass is 9.98. The number of carbonyl (C=O) groups is 2. The third-order valence-electron chi connectivity index (χ3n) is 5.21. The van der Waals surface area contributed by atoms with Crippen molar-refractivity contribution in [3.63, 3.8) is 0 Å². The summed E-state index contributed by atoms with van der Waals surface area (Å²) < 4.78 is 5.52. The highest BCUT2D eigenvalue weighted by atomic mass is 16.5. The molecule has 0 saturated heterocycles. The van der Waals surface area contributed by atoms with Crippen LogP contribution in [0, 0.1) is 0 Å². The van der Waals surface area contributed by atoms with E-state index >= 15 is 0 Å². The Hall–Kier alpha value is -3.40. The molecule has 3 aromatic rings. The number of amides is 1. The minimum absolute atomic E-state index is 0.146. The van der Waals surface area contributed by atoms with Crippen LogP contribution in [-0.2, 0) is 28.9 Å². The molecule has 0 aromatic heterocycles. The third-order valence-corrected chi connectivity index (χ3v) is 5.21. The van der Waals surface area contributed by atoms with E-state index in [0.717, 1.165) is 17.5 Å². The summed E-state index contributed by atoms with van der Waals surface area (Å²) >= 11 is 0. The Morgan fingerprint density at radius 2 is 1.48 bits per heavy atom. The van der Waals surface area contributed by atoms with Gasteiger partial charge in [-0.15, -0.1) is 0 Å². The summed E-state index contributed by atoms with van der Waals surface area (Å²) in [5.41, 5.74) is 3.64. The van der Waals surface area contributed by atoms with Gasteiger partial charge in [0.2, 0.25) is 0 Å². The molecule has 0 bridgehead atoms. The van der Waals surface area contributed by atoms with Crippen LogP contribution in [0.15, 0.2) is 84.9 Å². The number of nitrogens with zero attached hydrogens (tertiary/aromatic N) is 1. The van der Waals surface area contributed by atoms with Crippen LogP contribution in [0.2, 0.25) is 0 Å². The number of fused-ring (bicyclic) bond motifs is 1. The molecule has 0 radical (unpaired) electrons. The third kappa shape index (κ3) is 4.54. The Kier molecular flexibility index (Phi) is 5.71. The van der Waals surface area contributed by atoms with Crippen molar-refractivity contribution in [1.82, 2.24) is 4.90 Å². The standard InChI is InChI=1S/C25H23NO3/c27-24(23-17-21-13-7-8-14-22(21)25(28)29-23)26(18-20-11-5-2-6-12-20)16-15-19-9-3-1-4-10-19/h1-14,23H,15-18H2. The van der Waals surface area contributed by atoms with Crippen molar-refractivity contribution < 1.29 is 14.3 Å². The molecule has 0 aliphatic carbocycles. The number of rotatable bonds is 6. The fraction of sp³-hybridized carbons (Fsp3) is 0.200. The number of benzene rings is 3. The van der Waals surface area contributed by atoms with E-state index in [-0.39, 0.29) is 5.91 Å². The molecule has 0 N–H and O–H groups in total. The lowest BCUT2D eigenvalue weighted by Gasteiger charge is -2.30. The van der Waals surface area contributed by atoms with Gasteiger partial charge in [0, 0.05) is 19.5 Å². The van der Waals surface area contributed by atoms with E-state index in [4.69, 9.17) is 4.74 Å². The summed E-state index contributed by atoms with van der Waals surface area (Å²) in [5.74, 6) is -0.569. The maximum atomic E-state index is 13.3. The number of esters is 1. The first kappa shape index (κ1) is 18.9. The number of ether oxygens (including phenoxy) is 1. The average molecular weight is 385 g/mol. The summed E-state index contributed by atoms with van der Waals surface area (Å²) in [4.78, 5) is 27.5. The predicted molar refractivity (Wildman–Crippen MR) is 111 cm³/mol. The summed E-state index contributed by atoms with van der Waals surface area (Å²) in [5, 5.41) is 0. The summed E-state index contributed by atoms with van der Waals surface area (Å²) in [7, 11) is 0. The van der Waals surface area contributed by atoms with Crippen LogP contribution in [0.4, 0.5) is 0 Å². The summed E-state index contributed by atoms with van der Waals surface area (Å²) in [6.07, 6.45) is 0.380. The van der Waals surface area contributed by atoms with Crippen LogP contribution < -0.4 is 0 Å². The molecule has 1 unspecified atom stereocenters. The van der Waals surface area contributed by atoms with Gasteiger partial charge in [-0.3, -0.25) is 4.79 Å². The van der Waals surface area contributed by atoms with Gasteiger partial charge >= 0.3 is 5.97 Å². The summed E-state index contributed by atoms with van der Waals surface area (Å²) in [6.45, 7) is 1.05. The highest BCUT2D eigenvalue weighted by Crippen LogP contribution is 2.22. The highest BCUT2D eigenvalue weighted by molar-refractivity contribution is 5.95. The SMILES string of the molecule is O=C1OC(C(=O)N(CCc2ccccc2)Cc2ccccc2)Cc2ccccc21. The van der Waals surface area contributed by atoms with Crippen LogP contribution in [0.25, 0.3) is 0 Å². The Bertz CT molecular complexity index is 985. The fourth-order valence-corrected chi connectivity index (χ4v) is 3.65. The van der Waals surface area contributed by atoms with E-state index in [1.165, 1.54) is 5.56 Å². The average Bonchev–Trinajstić information content (AvgIpc) is 2.77. The minimum Gasteiger partial charge on any atom is -0.448 e. The van der Waals surface area contributed by atoms with E-state index < -0.39 is 12.1 Å². The molecule has 1 amide bonds. The molecule has 1 atom stereocenters. The number of carbonyl (C=O) groups excluding carboxylic acids is 2. The molecule has 4 rings (SSSR count). The fourth-order valence-electron chi connectivity index (χ4n) is 3.65. The molecule has 1 aliphatic rings. The highest BCUT2D eigenvalue weighted by Gasteiger charge is 2.33.